The van der Waals surface area contributed by atoms with Crippen LogP contribution < -0.4 is 4.57 Å². The van der Waals surface area contributed by atoms with Crippen molar-refractivity contribution in [1.29, 1.82) is 0 Å². The molecule has 0 spiro atoms. The summed E-state index contributed by atoms with van der Waals surface area (Å²) in [6, 6.07) is 12.9. The highest BCUT2D eigenvalue weighted by atomic mass is 14.9. The minimum Gasteiger partial charge on any atom is -0.198 e. The molecule has 20 heavy (non-hydrogen) atoms. The maximum Gasteiger partial charge on any atom is 0.220 e. The maximum absolute atomic E-state index is 8.09. The Morgan fingerprint density at radius 3 is 2.65 bits per heavy atom. The monoisotopic (exact) mass is 264 g/mol. The van der Waals surface area contributed by atoms with Gasteiger partial charge >= 0.3 is 0 Å². The first-order valence-corrected chi connectivity index (χ1v) is 6.86. The number of benzene rings is 2. The molecule has 0 aliphatic carbocycles. The SMILES string of the molecule is [2H]c1cc([2H])c(C)c(-c2c3ccc(C)cc3cc(C)[n+]2C)c1. The predicted octanol–water partition coefficient (Wildman–Crippen LogP) is 4.26. The molecule has 0 N–H and O–H groups in total. The van der Waals surface area contributed by atoms with E-state index in [0.717, 1.165) is 27.9 Å². The summed E-state index contributed by atoms with van der Waals surface area (Å²) in [6.07, 6.45) is 0. The lowest BCUT2D eigenvalue weighted by Gasteiger charge is -2.10. The normalized spacial score (nSPS) is 12.4. The summed E-state index contributed by atoms with van der Waals surface area (Å²) < 4.78 is 18.2. The van der Waals surface area contributed by atoms with Crippen LogP contribution in [-0.2, 0) is 7.05 Å². The van der Waals surface area contributed by atoms with Gasteiger partial charge < -0.3 is 0 Å². The second kappa shape index (κ2) is 4.75. The number of aromatic nitrogens is 1. The van der Waals surface area contributed by atoms with Crippen LogP contribution in [0, 0.1) is 20.8 Å². The van der Waals surface area contributed by atoms with Crippen LogP contribution in [0.3, 0.4) is 0 Å². The van der Waals surface area contributed by atoms with Crippen molar-refractivity contribution < 1.29 is 7.31 Å². The highest BCUT2D eigenvalue weighted by molar-refractivity contribution is 5.94. The summed E-state index contributed by atoms with van der Waals surface area (Å²) >= 11 is 0. The van der Waals surface area contributed by atoms with Crippen LogP contribution in [0.2, 0.25) is 0 Å². The fraction of sp³-hybridized carbons (Fsp3) is 0.211. The van der Waals surface area contributed by atoms with E-state index in [1.807, 2.05) is 20.0 Å². The van der Waals surface area contributed by atoms with Gasteiger partial charge in [-0.2, -0.15) is 4.57 Å². The van der Waals surface area contributed by atoms with Gasteiger partial charge in [0.05, 0.1) is 8.13 Å². The number of rotatable bonds is 1. The molecule has 0 saturated heterocycles. The van der Waals surface area contributed by atoms with E-state index in [2.05, 4.69) is 42.7 Å². The number of fused-ring (bicyclic) bond motifs is 1. The molecule has 0 fully saturated rings. The zero-order valence-corrected chi connectivity index (χ0v) is 12.4. The van der Waals surface area contributed by atoms with Crippen LogP contribution in [-0.4, -0.2) is 0 Å². The molecule has 100 valence electrons. The first-order valence-electron chi connectivity index (χ1n) is 7.86. The molecule has 0 aliphatic heterocycles. The molecule has 3 rings (SSSR count). The molecule has 1 nitrogen and oxygen atoms in total. The Bertz CT molecular complexity index is 898. The van der Waals surface area contributed by atoms with Gasteiger partial charge in [0.1, 0.15) is 7.05 Å². The maximum atomic E-state index is 8.09. The molecular weight excluding hydrogens is 242 g/mol. The van der Waals surface area contributed by atoms with Crippen LogP contribution in [0.1, 0.15) is 19.6 Å². The molecule has 0 unspecified atom stereocenters. The Labute approximate surface area is 123 Å². The fourth-order valence-corrected chi connectivity index (χ4v) is 2.73. The lowest BCUT2D eigenvalue weighted by molar-refractivity contribution is -0.665. The van der Waals surface area contributed by atoms with Gasteiger partial charge in [0.25, 0.3) is 0 Å². The molecule has 0 amide bonds. The van der Waals surface area contributed by atoms with Gasteiger partial charge in [0, 0.05) is 18.6 Å². The molecule has 1 heteroatoms. The van der Waals surface area contributed by atoms with E-state index in [4.69, 9.17) is 2.74 Å². The fourth-order valence-electron chi connectivity index (χ4n) is 2.73. The van der Waals surface area contributed by atoms with Gasteiger partial charge in [-0.25, -0.2) is 0 Å². The van der Waals surface area contributed by atoms with Crippen molar-refractivity contribution in [2.24, 2.45) is 7.05 Å². The minimum absolute atomic E-state index is 0.382. The van der Waals surface area contributed by atoms with E-state index in [1.54, 1.807) is 6.07 Å². The smallest absolute Gasteiger partial charge is 0.198 e. The van der Waals surface area contributed by atoms with Crippen LogP contribution in [0.25, 0.3) is 22.0 Å². The van der Waals surface area contributed by atoms with E-state index in [0.29, 0.717) is 12.1 Å². The third-order valence-electron chi connectivity index (χ3n) is 3.95. The van der Waals surface area contributed by atoms with Crippen molar-refractivity contribution in [3.05, 3.63) is 65.3 Å². The Morgan fingerprint density at radius 1 is 1.05 bits per heavy atom. The Hall–Kier alpha value is -2.15. The molecule has 0 bridgehead atoms. The van der Waals surface area contributed by atoms with Crippen LogP contribution in [0.4, 0.5) is 0 Å². The molecule has 3 aromatic rings. The average molecular weight is 264 g/mol. The first kappa shape index (κ1) is 10.6. The largest absolute Gasteiger partial charge is 0.220 e. The van der Waals surface area contributed by atoms with E-state index in [1.165, 1.54) is 10.9 Å². The number of aryl methyl sites for hydroxylation is 2. The molecule has 1 aromatic heterocycles. The first-order chi connectivity index (χ1) is 10.4. The van der Waals surface area contributed by atoms with Gasteiger partial charge in [-0.05, 0) is 36.9 Å². The summed E-state index contributed by atoms with van der Waals surface area (Å²) in [5.74, 6) is 0. The molecule has 0 atom stereocenters. The van der Waals surface area contributed by atoms with Crippen molar-refractivity contribution in [3.63, 3.8) is 0 Å². The van der Waals surface area contributed by atoms with Crippen molar-refractivity contribution in [2.75, 3.05) is 0 Å². The summed E-state index contributed by atoms with van der Waals surface area (Å²) in [6.45, 7) is 6.14. The second-order valence-electron chi connectivity index (χ2n) is 5.42. The van der Waals surface area contributed by atoms with Crippen molar-refractivity contribution in [3.8, 4) is 11.3 Å². The molecule has 0 saturated carbocycles. The Kier molecular flexibility index (Phi) is 2.52. The molecule has 0 aliphatic rings. The van der Waals surface area contributed by atoms with Gasteiger partial charge in [0.15, 0.2) is 5.69 Å². The van der Waals surface area contributed by atoms with Gasteiger partial charge in [-0.1, -0.05) is 35.8 Å². The lowest BCUT2D eigenvalue weighted by Crippen LogP contribution is -2.35. The van der Waals surface area contributed by atoms with Crippen LogP contribution >= 0.6 is 0 Å². The highest BCUT2D eigenvalue weighted by Gasteiger charge is 2.18. The standard InChI is InChI=1S/C19H20N/c1-13-9-10-18-16(11-13)12-15(3)20(4)19(18)17-8-6-5-7-14(17)2/h5-12H,1-4H3/q+1/i6D,7D. The Balaban J connectivity index is 2.47. The summed E-state index contributed by atoms with van der Waals surface area (Å²) in [4.78, 5) is 0. The summed E-state index contributed by atoms with van der Waals surface area (Å²) in [7, 11) is 2.05. The van der Waals surface area contributed by atoms with E-state index < -0.39 is 0 Å². The number of hydrogen-bond acceptors (Lipinski definition) is 0. The topological polar surface area (TPSA) is 3.88 Å². The van der Waals surface area contributed by atoms with Gasteiger partial charge in [-0.3, -0.25) is 0 Å². The molecule has 1 heterocycles. The molecule has 2 aromatic carbocycles. The van der Waals surface area contributed by atoms with E-state index in [9.17, 15) is 0 Å². The third kappa shape index (κ3) is 2.00. The van der Waals surface area contributed by atoms with Crippen LogP contribution in [0.15, 0.2) is 48.5 Å². The van der Waals surface area contributed by atoms with Crippen molar-refractivity contribution in [2.45, 2.75) is 20.8 Å². The summed E-state index contributed by atoms with van der Waals surface area (Å²) in [5.41, 5.74) is 5.36. The minimum atomic E-state index is 0.382. The number of nitrogens with zero attached hydrogens (tertiary/aromatic N) is 1. The zero-order chi connectivity index (χ0) is 16.0. The van der Waals surface area contributed by atoms with Crippen molar-refractivity contribution >= 4 is 10.8 Å². The van der Waals surface area contributed by atoms with E-state index >= 15 is 0 Å². The number of hydrogen-bond donors (Lipinski definition) is 0. The third-order valence-corrected chi connectivity index (χ3v) is 3.95. The zero-order valence-electron chi connectivity index (χ0n) is 14.4. The second-order valence-corrected chi connectivity index (χ2v) is 5.42. The average Bonchev–Trinajstić information content (AvgIpc) is 2.45. The number of pyridine rings is 1. The van der Waals surface area contributed by atoms with E-state index in [-0.39, 0.29) is 0 Å². The highest BCUT2D eigenvalue weighted by Crippen LogP contribution is 2.28. The quantitative estimate of drug-likeness (QED) is 0.578. The molecular formula is C19H20N+. The lowest BCUT2D eigenvalue weighted by atomic mass is 9.98. The predicted molar refractivity (Wildman–Crippen MR) is 84.8 cm³/mol. The van der Waals surface area contributed by atoms with Gasteiger partial charge in [-0.15, -0.1) is 0 Å². The summed E-state index contributed by atoms with van der Waals surface area (Å²) in [5, 5.41) is 2.36. The molecule has 0 radical (unpaired) electrons. The van der Waals surface area contributed by atoms with Crippen LogP contribution in [0.5, 0.6) is 0 Å². The van der Waals surface area contributed by atoms with Gasteiger partial charge in [0.2, 0.25) is 5.69 Å². The Morgan fingerprint density at radius 2 is 1.85 bits per heavy atom. The van der Waals surface area contributed by atoms with Crippen molar-refractivity contribution in [1.82, 2.24) is 0 Å².